The molecule has 1 unspecified atom stereocenters. The number of nitrogens with one attached hydrogen (secondary N) is 1. The summed E-state index contributed by atoms with van der Waals surface area (Å²) in [6.07, 6.45) is -1.42. The molecule has 1 aromatic carbocycles. The van der Waals surface area contributed by atoms with Crippen molar-refractivity contribution in [2.45, 2.75) is 37.4 Å². The Labute approximate surface area is 157 Å². The van der Waals surface area contributed by atoms with Crippen LogP contribution in [0.5, 0.6) is 0 Å². The normalized spacial score (nSPS) is 20.7. The van der Waals surface area contributed by atoms with Crippen molar-refractivity contribution in [3.05, 3.63) is 35.4 Å². The number of benzene rings is 1. The van der Waals surface area contributed by atoms with E-state index in [0.717, 1.165) is 25.3 Å². The lowest BCUT2D eigenvalue weighted by Crippen LogP contribution is -2.42. The summed E-state index contributed by atoms with van der Waals surface area (Å²) in [7, 11) is 3.37. The molecule has 1 saturated heterocycles. The van der Waals surface area contributed by atoms with E-state index in [1.807, 2.05) is 4.90 Å². The number of guanidine groups is 1. The van der Waals surface area contributed by atoms with E-state index in [-0.39, 0.29) is 18.4 Å². The van der Waals surface area contributed by atoms with E-state index in [1.165, 1.54) is 17.0 Å². The van der Waals surface area contributed by atoms with E-state index in [2.05, 4.69) is 10.3 Å². The van der Waals surface area contributed by atoms with Crippen LogP contribution in [0, 0.1) is 0 Å². The molecule has 1 aliphatic heterocycles. The van der Waals surface area contributed by atoms with E-state index < -0.39 is 11.7 Å². The van der Waals surface area contributed by atoms with Gasteiger partial charge in [0, 0.05) is 39.1 Å². The molecule has 2 aliphatic rings. The zero-order valence-corrected chi connectivity index (χ0v) is 15.6. The first-order chi connectivity index (χ1) is 12.7. The van der Waals surface area contributed by atoms with Gasteiger partial charge in [-0.2, -0.15) is 13.2 Å². The van der Waals surface area contributed by atoms with Gasteiger partial charge in [0.1, 0.15) is 6.54 Å². The molecule has 1 saturated carbocycles. The molecule has 1 atom stereocenters. The molecule has 1 aromatic rings. The predicted octanol–water partition coefficient (Wildman–Crippen LogP) is 2.69. The third kappa shape index (κ3) is 5.14. The fraction of sp³-hybridized carbons (Fsp3) is 0.579. The maximum Gasteiger partial charge on any atom is 0.416 e. The highest BCUT2D eigenvalue weighted by molar-refractivity contribution is 5.85. The summed E-state index contributed by atoms with van der Waals surface area (Å²) in [6.45, 7) is 1.36. The largest absolute Gasteiger partial charge is 0.416 e. The number of rotatable bonds is 4. The number of carbonyl (C=O) groups excluding carboxylic acids is 1. The van der Waals surface area contributed by atoms with Gasteiger partial charge in [-0.3, -0.25) is 4.79 Å². The van der Waals surface area contributed by atoms with E-state index in [9.17, 15) is 18.0 Å². The number of likely N-dealkylation sites (N-methyl/N-ethyl adjacent to an activating group) is 1. The Kier molecular flexibility index (Phi) is 5.62. The molecule has 8 heteroatoms. The fourth-order valence-corrected chi connectivity index (χ4v) is 3.12. The number of aliphatic imine (C=N–C) groups is 1. The minimum Gasteiger partial charge on any atom is -0.353 e. The van der Waals surface area contributed by atoms with Gasteiger partial charge in [-0.05, 0) is 30.9 Å². The molecule has 1 aliphatic carbocycles. The van der Waals surface area contributed by atoms with Crippen molar-refractivity contribution in [1.29, 1.82) is 0 Å². The van der Waals surface area contributed by atoms with Crippen LogP contribution in [0.1, 0.15) is 36.3 Å². The number of hydrogen-bond donors (Lipinski definition) is 1. The Morgan fingerprint density at radius 2 is 2.04 bits per heavy atom. The van der Waals surface area contributed by atoms with Crippen LogP contribution in [0.3, 0.4) is 0 Å². The summed E-state index contributed by atoms with van der Waals surface area (Å²) in [5.41, 5.74) is 0.0856. The number of nitrogens with zero attached hydrogens (tertiary/aromatic N) is 3. The predicted molar refractivity (Wildman–Crippen MR) is 97.5 cm³/mol. The molecule has 3 rings (SSSR count). The Bertz CT molecular complexity index is 713. The van der Waals surface area contributed by atoms with Crippen molar-refractivity contribution in [3.8, 4) is 0 Å². The van der Waals surface area contributed by atoms with Gasteiger partial charge in [-0.25, -0.2) is 4.99 Å². The van der Waals surface area contributed by atoms with E-state index in [1.54, 1.807) is 20.2 Å². The van der Waals surface area contributed by atoms with Gasteiger partial charge in [0.05, 0.1) is 5.56 Å². The average Bonchev–Trinajstić information content (AvgIpc) is 3.30. The van der Waals surface area contributed by atoms with E-state index >= 15 is 0 Å². The molecule has 0 aromatic heterocycles. The molecule has 0 radical (unpaired) electrons. The summed E-state index contributed by atoms with van der Waals surface area (Å²) in [5, 5.41) is 3.36. The van der Waals surface area contributed by atoms with Gasteiger partial charge in [-0.1, -0.05) is 18.2 Å². The monoisotopic (exact) mass is 382 g/mol. The smallest absolute Gasteiger partial charge is 0.353 e. The van der Waals surface area contributed by atoms with Gasteiger partial charge in [0.2, 0.25) is 5.91 Å². The molecule has 2 fully saturated rings. The molecule has 27 heavy (non-hydrogen) atoms. The maximum absolute atomic E-state index is 13.0. The first kappa shape index (κ1) is 19.5. The van der Waals surface area contributed by atoms with Crippen LogP contribution in [-0.2, 0) is 11.0 Å². The molecule has 1 N–H and O–H groups in total. The first-order valence-electron chi connectivity index (χ1n) is 9.17. The summed E-state index contributed by atoms with van der Waals surface area (Å²) in [5.74, 6) is 0.615. The van der Waals surface area contributed by atoms with E-state index in [0.29, 0.717) is 30.7 Å². The third-order valence-electron chi connectivity index (χ3n) is 4.95. The second kappa shape index (κ2) is 7.78. The number of likely N-dealkylation sites (tertiary alicyclic amines) is 1. The summed E-state index contributed by atoms with van der Waals surface area (Å²) < 4.78 is 38.9. The molecular weight excluding hydrogens is 357 g/mol. The average molecular weight is 382 g/mol. The van der Waals surface area contributed by atoms with Gasteiger partial charge < -0.3 is 15.1 Å². The van der Waals surface area contributed by atoms with Crippen LogP contribution in [0.25, 0.3) is 0 Å². The Hall–Kier alpha value is -2.25. The number of hydrogen-bond acceptors (Lipinski definition) is 2. The standard InChI is InChI=1S/C19H25F3N4O/c1-25(2)17(27)11-23-18(24-16-6-7-16)26-9-8-14(12-26)13-4-3-5-15(10-13)19(20,21)22/h3-5,10,14,16H,6-9,11-12H2,1-2H3,(H,23,24). The lowest BCUT2D eigenvalue weighted by Gasteiger charge is -2.22. The topological polar surface area (TPSA) is 47.9 Å². The minimum atomic E-state index is -4.33. The molecular formula is C19H25F3N4O. The van der Waals surface area contributed by atoms with Crippen molar-refractivity contribution in [2.75, 3.05) is 33.7 Å². The van der Waals surface area contributed by atoms with Crippen molar-refractivity contribution in [2.24, 2.45) is 4.99 Å². The van der Waals surface area contributed by atoms with Gasteiger partial charge in [0.25, 0.3) is 0 Å². The Morgan fingerprint density at radius 1 is 1.30 bits per heavy atom. The van der Waals surface area contributed by atoms with Gasteiger partial charge in [0.15, 0.2) is 5.96 Å². The fourth-order valence-electron chi connectivity index (χ4n) is 3.12. The maximum atomic E-state index is 13.0. The third-order valence-corrected chi connectivity index (χ3v) is 4.95. The molecule has 0 bridgehead atoms. The Balaban J connectivity index is 1.70. The lowest BCUT2D eigenvalue weighted by molar-refractivity contribution is -0.137. The summed E-state index contributed by atoms with van der Waals surface area (Å²) in [6, 6.07) is 5.95. The molecule has 5 nitrogen and oxygen atoms in total. The molecule has 1 heterocycles. The second-order valence-electron chi connectivity index (χ2n) is 7.40. The van der Waals surface area contributed by atoms with Crippen LogP contribution in [0.15, 0.2) is 29.3 Å². The van der Waals surface area contributed by atoms with Crippen molar-refractivity contribution < 1.29 is 18.0 Å². The summed E-state index contributed by atoms with van der Waals surface area (Å²) in [4.78, 5) is 19.8. The van der Waals surface area contributed by atoms with Crippen LogP contribution < -0.4 is 5.32 Å². The number of carbonyl (C=O) groups is 1. The van der Waals surface area contributed by atoms with Gasteiger partial charge in [-0.15, -0.1) is 0 Å². The van der Waals surface area contributed by atoms with E-state index in [4.69, 9.17) is 0 Å². The molecule has 1 amide bonds. The molecule has 0 spiro atoms. The zero-order valence-electron chi connectivity index (χ0n) is 15.6. The van der Waals surface area contributed by atoms with Crippen LogP contribution in [0.4, 0.5) is 13.2 Å². The Morgan fingerprint density at radius 3 is 2.67 bits per heavy atom. The van der Waals surface area contributed by atoms with Crippen LogP contribution in [0.2, 0.25) is 0 Å². The van der Waals surface area contributed by atoms with Crippen LogP contribution in [-0.4, -0.2) is 61.4 Å². The highest BCUT2D eigenvalue weighted by Gasteiger charge is 2.33. The van der Waals surface area contributed by atoms with Crippen molar-refractivity contribution >= 4 is 11.9 Å². The highest BCUT2D eigenvalue weighted by atomic mass is 19.4. The first-order valence-corrected chi connectivity index (χ1v) is 9.17. The number of alkyl halides is 3. The van der Waals surface area contributed by atoms with Gasteiger partial charge >= 0.3 is 6.18 Å². The quantitative estimate of drug-likeness (QED) is 0.643. The lowest BCUT2D eigenvalue weighted by atomic mass is 9.96. The van der Waals surface area contributed by atoms with Crippen molar-refractivity contribution in [1.82, 2.24) is 15.1 Å². The highest BCUT2D eigenvalue weighted by Crippen LogP contribution is 2.34. The zero-order chi connectivity index (χ0) is 19.6. The second-order valence-corrected chi connectivity index (χ2v) is 7.40. The van der Waals surface area contributed by atoms with Crippen molar-refractivity contribution in [3.63, 3.8) is 0 Å². The number of amides is 1. The SMILES string of the molecule is CN(C)C(=O)CN=C(NC1CC1)N1CCC(c2cccc(C(F)(F)F)c2)C1. The summed E-state index contributed by atoms with van der Waals surface area (Å²) >= 11 is 0. The molecule has 148 valence electrons. The number of halogens is 3. The van der Waals surface area contributed by atoms with Crippen LogP contribution >= 0.6 is 0 Å². The minimum absolute atomic E-state index is 0.0167.